The summed E-state index contributed by atoms with van der Waals surface area (Å²) in [7, 11) is -3.67. The molecule has 0 bridgehead atoms. The molecule has 0 aliphatic rings. The Morgan fingerprint density at radius 3 is 2.65 bits per heavy atom. The lowest BCUT2D eigenvalue weighted by Gasteiger charge is -2.12. The van der Waals surface area contributed by atoms with E-state index in [1.807, 2.05) is 13.8 Å². The van der Waals surface area contributed by atoms with Gasteiger partial charge in [-0.25, -0.2) is 4.39 Å². The molecule has 1 aromatic carbocycles. The molecule has 0 spiro atoms. The second-order valence-electron chi connectivity index (χ2n) is 3.97. The first-order valence-electron chi connectivity index (χ1n) is 5.02. The van der Waals surface area contributed by atoms with Gasteiger partial charge in [-0.2, -0.15) is 13.1 Å². The number of halogens is 2. The number of rotatable bonds is 5. The van der Waals surface area contributed by atoms with E-state index in [1.54, 1.807) is 0 Å². The van der Waals surface area contributed by atoms with Crippen LogP contribution in [-0.4, -0.2) is 15.0 Å². The van der Waals surface area contributed by atoms with Gasteiger partial charge in [0.2, 0.25) is 0 Å². The zero-order valence-electron chi connectivity index (χ0n) is 9.50. The molecule has 1 aromatic rings. The van der Waals surface area contributed by atoms with Crippen molar-refractivity contribution in [2.75, 3.05) is 11.3 Å². The van der Waals surface area contributed by atoms with Crippen molar-refractivity contribution in [2.24, 2.45) is 5.92 Å². The molecular formula is C10H14BrFN2O2S. The third-order valence-electron chi connectivity index (χ3n) is 1.85. The van der Waals surface area contributed by atoms with Gasteiger partial charge in [-0.1, -0.05) is 13.8 Å². The molecule has 4 nitrogen and oxygen atoms in total. The maximum Gasteiger partial charge on any atom is 0.299 e. The lowest BCUT2D eigenvalue weighted by atomic mass is 10.2. The van der Waals surface area contributed by atoms with Crippen LogP contribution in [0.25, 0.3) is 0 Å². The molecule has 0 fully saturated rings. The maximum absolute atomic E-state index is 13.0. The predicted molar refractivity (Wildman–Crippen MR) is 69.5 cm³/mol. The molecule has 0 unspecified atom stereocenters. The van der Waals surface area contributed by atoms with Crippen LogP contribution in [0.1, 0.15) is 13.8 Å². The van der Waals surface area contributed by atoms with Crippen molar-refractivity contribution >= 4 is 31.8 Å². The monoisotopic (exact) mass is 324 g/mol. The number of anilines is 1. The fraction of sp³-hybridized carbons (Fsp3) is 0.400. The largest absolute Gasteiger partial charge is 0.299 e. The minimum absolute atomic E-state index is 0.168. The molecule has 0 aliphatic carbocycles. The van der Waals surface area contributed by atoms with Crippen LogP contribution in [0.2, 0.25) is 0 Å². The van der Waals surface area contributed by atoms with Gasteiger partial charge in [0.1, 0.15) is 5.82 Å². The third kappa shape index (κ3) is 5.01. The Hall–Kier alpha value is -0.660. The molecule has 1 rings (SSSR count). The predicted octanol–water partition coefficient (Wildman–Crippen LogP) is 2.49. The van der Waals surface area contributed by atoms with E-state index in [-0.39, 0.29) is 11.6 Å². The normalized spacial score (nSPS) is 11.8. The SMILES string of the molecule is CC(C)CNS(=O)(=O)Nc1cc(F)ccc1Br. The van der Waals surface area contributed by atoms with Gasteiger partial charge < -0.3 is 0 Å². The summed E-state index contributed by atoms with van der Waals surface area (Å²) in [6.45, 7) is 4.10. The summed E-state index contributed by atoms with van der Waals surface area (Å²) in [6.07, 6.45) is 0. The molecule has 0 aromatic heterocycles. The first kappa shape index (κ1) is 14.4. The molecular weight excluding hydrogens is 311 g/mol. The van der Waals surface area contributed by atoms with Crippen molar-refractivity contribution in [1.29, 1.82) is 0 Å². The molecule has 0 atom stereocenters. The molecule has 0 amide bonds. The average Bonchev–Trinajstić information content (AvgIpc) is 2.20. The van der Waals surface area contributed by atoms with Crippen LogP contribution in [0, 0.1) is 11.7 Å². The molecule has 17 heavy (non-hydrogen) atoms. The fourth-order valence-corrected chi connectivity index (χ4v) is 2.59. The van der Waals surface area contributed by atoms with Gasteiger partial charge in [0.15, 0.2) is 0 Å². The Kier molecular flexibility index (Phi) is 4.91. The van der Waals surface area contributed by atoms with Gasteiger partial charge in [-0.05, 0) is 40.0 Å². The van der Waals surface area contributed by atoms with E-state index in [0.29, 0.717) is 11.0 Å². The highest BCUT2D eigenvalue weighted by Gasteiger charge is 2.12. The highest BCUT2D eigenvalue weighted by molar-refractivity contribution is 9.10. The van der Waals surface area contributed by atoms with Crippen LogP contribution in [0.5, 0.6) is 0 Å². The van der Waals surface area contributed by atoms with Gasteiger partial charge >= 0.3 is 0 Å². The van der Waals surface area contributed by atoms with Crippen LogP contribution in [0.3, 0.4) is 0 Å². The summed E-state index contributed by atoms with van der Waals surface area (Å²) in [4.78, 5) is 0. The Morgan fingerprint density at radius 1 is 1.41 bits per heavy atom. The van der Waals surface area contributed by atoms with Crippen molar-refractivity contribution in [2.45, 2.75) is 13.8 Å². The van der Waals surface area contributed by atoms with E-state index >= 15 is 0 Å². The first-order chi connectivity index (χ1) is 7.80. The lowest BCUT2D eigenvalue weighted by molar-refractivity contribution is 0.565. The van der Waals surface area contributed by atoms with Crippen LogP contribution in [0.15, 0.2) is 22.7 Å². The molecule has 0 heterocycles. The van der Waals surface area contributed by atoms with Gasteiger partial charge in [0, 0.05) is 11.0 Å². The third-order valence-corrected chi connectivity index (χ3v) is 3.58. The lowest BCUT2D eigenvalue weighted by Crippen LogP contribution is -2.33. The molecule has 96 valence electrons. The highest BCUT2D eigenvalue weighted by Crippen LogP contribution is 2.23. The highest BCUT2D eigenvalue weighted by atomic mass is 79.9. The van der Waals surface area contributed by atoms with Crippen molar-refractivity contribution < 1.29 is 12.8 Å². The summed E-state index contributed by atoms with van der Waals surface area (Å²) in [5, 5.41) is 0. The molecule has 0 saturated heterocycles. The van der Waals surface area contributed by atoms with E-state index in [9.17, 15) is 12.8 Å². The van der Waals surface area contributed by atoms with E-state index in [1.165, 1.54) is 12.1 Å². The minimum Gasteiger partial charge on any atom is -0.270 e. The molecule has 0 aliphatic heterocycles. The van der Waals surface area contributed by atoms with Crippen LogP contribution >= 0.6 is 15.9 Å². The Balaban J connectivity index is 2.79. The van der Waals surface area contributed by atoms with Crippen molar-refractivity contribution in [3.63, 3.8) is 0 Å². The van der Waals surface area contributed by atoms with E-state index in [2.05, 4.69) is 25.4 Å². The molecule has 0 radical (unpaired) electrons. The number of hydrogen-bond acceptors (Lipinski definition) is 2. The molecule has 0 saturated carbocycles. The Bertz CT molecular complexity index is 491. The van der Waals surface area contributed by atoms with Crippen LogP contribution in [0.4, 0.5) is 10.1 Å². The second-order valence-corrected chi connectivity index (χ2v) is 6.33. The quantitative estimate of drug-likeness (QED) is 0.874. The molecule has 2 N–H and O–H groups in total. The number of nitrogens with one attached hydrogen (secondary N) is 2. The summed E-state index contributed by atoms with van der Waals surface area (Å²) in [6, 6.07) is 3.79. The van der Waals surface area contributed by atoms with Crippen molar-refractivity contribution in [3.05, 3.63) is 28.5 Å². The van der Waals surface area contributed by atoms with Crippen molar-refractivity contribution in [3.8, 4) is 0 Å². The summed E-state index contributed by atoms with van der Waals surface area (Å²) < 4.78 is 41.3. The topological polar surface area (TPSA) is 58.2 Å². The van der Waals surface area contributed by atoms with Gasteiger partial charge in [-0.15, -0.1) is 0 Å². The Labute approximate surface area is 109 Å². The van der Waals surface area contributed by atoms with Crippen molar-refractivity contribution in [1.82, 2.24) is 4.72 Å². The number of benzene rings is 1. The van der Waals surface area contributed by atoms with Gasteiger partial charge in [0.25, 0.3) is 10.2 Å². The van der Waals surface area contributed by atoms with Crippen LogP contribution < -0.4 is 9.44 Å². The van der Waals surface area contributed by atoms with E-state index in [0.717, 1.165) is 6.07 Å². The second kappa shape index (κ2) is 5.79. The van der Waals surface area contributed by atoms with Gasteiger partial charge in [-0.3, -0.25) is 4.72 Å². The summed E-state index contributed by atoms with van der Waals surface area (Å²) in [5.41, 5.74) is 0.168. The summed E-state index contributed by atoms with van der Waals surface area (Å²) >= 11 is 3.14. The molecule has 7 heteroatoms. The standard InChI is InChI=1S/C10H14BrFN2O2S/c1-7(2)6-13-17(15,16)14-10-5-8(12)3-4-9(10)11/h3-5,7,13-14H,6H2,1-2H3. The van der Waals surface area contributed by atoms with Gasteiger partial charge in [0.05, 0.1) is 5.69 Å². The smallest absolute Gasteiger partial charge is 0.270 e. The fourth-order valence-electron chi connectivity index (χ4n) is 1.03. The van der Waals surface area contributed by atoms with E-state index in [4.69, 9.17) is 0 Å². The number of hydrogen-bond donors (Lipinski definition) is 2. The maximum atomic E-state index is 13.0. The van der Waals surface area contributed by atoms with E-state index < -0.39 is 16.0 Å². The zero-order valence-corrected chi connectivity index (χ0v) is 11.9. The minimum atomic E-state index is -3.67. The first-order valence-corrected chi connectivity index (χ1v) is 7.30. The zero-order chi connectivity index (χ0) is 13.1. The average molecular weight is 325 g/mol. The van der Waals surface area contributed by atoms with Crippen LogP contribution in [-0.2, 0) is 10.2 Å². The Morgan fingerprint density at radius 2 is 2.06 bits per heavy atom. The summed E-state index contributed by atoms with van der Waals surface area (Å²) in [5.74, 6) is -0.308.